The molecule has 2 fully saturated rings. The first kappa shape index (κ1) is 20.1. The molecule has 0 radical (unpaired) electrons. The van der Waals surface area contributed by atoms with Crippen LogP contribution in [0.15, 0.2) is 22.7 Å². The zero-order chi connectivity index (χ0) is 20.5. The maximum absolute atomic E-state index is 12.6. The molecule has 2 aliphatic heterocycles. The quantitative estimate of drug-likeness (QED) is 0.252. The van der Waals surface area contributed by atoms with Crippen LogP contribution in [-0.4, -0.2) is 69.3 Å². The molecule has 28 heavy (non-hydrogen) atoms. The predicted molar refractivity (Wildman–Crippen MR) is 105 cm³/mol. The highest BCUT2D eigenvalue weighted by Crippen LogP contribution is 2.43. The number of fused-ring (bicyclic) bond motifs is 1. The van der Waals surface area contributed by atoms with Crippen molar-refractivity contribution in [3.8, 4) is 0 Å². The second-order valence-electron chi connectivity index (χ2n) is 6.27. The first-order chi connectivity index (χ1) is 13.3. The lowest BCUT2D eigenvalue weighted by Crippen LogP contribution is -2.73. The summed E-state index contributed by atoms with van der Waals surface area (Å²) in [5.41, 5.74) is 4.64. The zero-order valence-corrected chi connectivity index (χ0v) is 16.7. The molecule has 2 saturated heterocycles. The Balaban J connectivity index is 1.72. The molecule has 1 aromatic heterocycles. The highest BCUT2D eigenvalue weighted by Gasteiger charge is 2.56. The number of β-lactam (4-membered cyclic amide) rings is 1. The number of aliphatic carboxylic acids is 1. The van der Waals surface area contributed by atoms with Gasteiger partial charge in [-0.3, -0.25) is 14.4 Å². The normalized spacial score (nSPS) is 27.3. The number of carbonyl (C=O) groups is 3. The number of thioether (sulfide) groups is 1. The number of anilines is 1. The minimum absolute atomic E-state index is 0.0666. The van der Waals surface area contributed by atoms with E-state index in [2.05, 4.69) is 15.5 Å². The van der Waals surface area contributed by atoms with E-state index in [1.165, 1.54) is 23.8 Å². The minimum Gasteiger partial charge on any atom is -0.481 e. The number of carbonyl (C=O) groups excluding carboxylic acids is 2. The van der Waals surface area contributed by atoms with Gasteiger partial charge in [-0.1, -0.05) is 17.3 Å². The molecule has 2 unspecified atom stereocenters. The van der Waals surface area contributed by atoms with Crippen LogP contribution in [-0.2, 0) is 19.2 Å². The number of hydrogen-bond donors (Lipinski definition) is 3. The SMILES string of the molecule is CC=CC1(C(=O)O)CS[C@@H]2C(NC(=O)C(=NOC)c3csc(N)n3)C(=O)N2C1. The monoisotopic (exact) mass is 425 g/mol. The van der Waals surface area contributed by atoms with Gasteiger partial charge in [-0.05, 0) is 6.92 Å². The molecule has 10 nitrogen and oxygen atoms in total. The van der Waals surface area contributed by atoms with Crippen LogP contribution < -0.4 is 11.1 Å². The van der Waals surface area contributed by atoms with Crippen molar-refractivity contribution in [2.24, 2.45) is 10.6 Å². The van der Waals surface area contributed by atoms with Crippen LogP contribution in [0, 0.1) is 5.41 Å². The molecular formula is C16H19N5O5S2. The zero-order valence-electron chi connectivity index (χ0n) is 15.1. The summed E-state index contributed by atoms with van der Waals surface area (Å²) in [5, 5.41) is 17.4. The molecule has 3 heterocycles. The Hall–Kier alpha value is -2.60. The van der Waals surface area contributed by atoms with Crippen molar-refractivity contribution in [3.63, 3.8) is 0 Å². The number of nitrogens with one attached hydrogen (secondary N) is 1. The Bertz CT molecular complexity index is 869. The summed E-state index contributed by atoms with van der Waals surface area (Å²) in [5.74, 6) is -1.63. The number of allylic oxidation sites excluding steroid dienone is 1. The number of carboxylic acids is 1. The number of nitrogens with zero attached hydrogens (tertiary/aromatic N) is 3. The van der Waals surface area contributed by atoms with E-state index in [-0.39, 0.29) is 34.4 Å². The lowest BCUT2D eigenvalue weighted by atomic mass is 9.86. The molecule has 3 atom stereocenters. The lowest BCUT2D eigenvalue weighted by Gasteiger charge is -2.53. The van der Waals surface area contributed by atoms with Gasteiger partial charge in [0.25, 0.3) is 5.91 Å². The average molecular weight is 425 g/mol. The number of amides is 2. The second-order valence-corrected chi connectivity index (χ2v) is 8.27. The Morgan fingerprint density at radius 2 is 2.32 bits per heavy atom. The van der Waals surface area contributed by atoms with E-state index in [1.807, 2.05) is 0 Å². The Kier molecular flexibility index (Phi) is 5.61. The number of thiazole rings is 1. The van der Waals surface area contributed by atoms with Crippen LogP contribution in [0.4, 0.5) is 5.13 Å². The number of oxime groups is 1. The van der Waals surface area contributed by atoms with Crippen LogP contribution in [0.25, 0.3) is 0 Å². The number of aromatic nitrogens is 1. The van der Waals surface area contributed by atoms with Crippen molar-refractivity contribution in [1.29, 1.82) is 0 Å². The molecule has 150 valence electrons. The summed E-state index contributed by atoms with van der Waals surface area (Å²) in [6.45, 7) is 1.81. The van der Waals surface area contributed by atoms with Crippen LogP contribution in [0.3, 0.4) is 0 Å². The van der Waals surface area contributed by atoms with Gasteiger partial charge in [0.2, 0.25) is 5.91 Å². The summed E-state index contributed by atoms with van der Waals surface area (Å²) in [7, 11) is 1.29. The summed E-state index contributed by atoms with van der Waals surface area (Å²) in [6.07, 6.45) is 3.28. The van der Waals surface area contributed by atoms with Gasteiger partial charge in [0.15, 0.2) is 10.8 Å². The van der Waals surface area contributed by atoms with Gasteiger partial charge in [-0.2, -0.15) is 0 Å². The molecule has 2 aliphatic rings. The Morgan fingerprint density at radius 3 is 2.89 bits per heavy atom. The molecule has 0 bridgehead atoms. The summed E-state index contributed by atoms with van der Waals surface area (Å²) < 4.78 is 0. The number of nitrogens with two attached hydrogens (primary N) is 1. The van der Waals surface area contributed by atoms with Gasteiger partial charge in [-0.25, -0.2) is 4.98 Å². The molecule has 2 amide bonds. The fraction of sp³-hybridized carbons (Fsp3) is 0.438. The van der Waals surface area contributed by atoms with Gasteiger partial charge in [0.1, 0.15) is 29.6 Å². The van der Waals surface area contributed by atoms with Crippen molar-refractivity contribution in [3.05, 3.63) is 23.2 Å². The van der Waals surface area contributed by atoms with Crippen molar-refractivity contribution in [2.45, 2.75) is 18.3 Å². The summed E-state index contributed by atoms with van der Waals surface area (Å²) in [6, 6.07) is -0.770. The van der Waals surface area contributed by atoms with Crippen molar-refractivity contribution in [1.82, 2.24) is 15.2 Å². The van der Waals surface area contributed by atoms with Gasteiger partial charge in [0.05, 0.1) is 0 Å². The number of hydrogen-bond acceptors (Lipinski definition) is 9. The molecule has 0 spiro atoms. The summed E-state index contributed by atoms with van der Waals surface area (Å²) >= 11 is 2.47. The molecule has 1 aromatic rings. The van der Waals surface area contributed by atoms with Gasteiger partial charge < -0.3 is 25.9 Å². The first-order valence-corrected chi connectivity index (χ1v) is 10.2. The molecule has 0 aromatic carbocycles. The Morgan fingerprint density at radius 1 is 1.57 bits per heavy atom. The van der Waals surface area contributed by atoms with Crippen LogP contribution in [0.1, 0.15) is 12.6 Å². The number of rotatable bonds is 6. The third-order valence-electron chi connectivity index (χ3n) is 4.47. The average Bonchev–Trinajstić information content (AvgIpc) is 3.09. The molecule has 4 N–H and O–H groups in total. The van der Waals surface area contributed by atoms with Crippen LogP contribution in [0.2, 0.25) is 0 Å². The molecular weight excluding hydrogens is 406 g/mol. The van der Waals surface area contributed by atoms with E-state index in [0.29, 0.717) is 5.75 Å². The topological polar surface area (TPSA) is 147 Å². The summed E-state index contributed by atoms with van der Waals surface area (Å²) in [4.78, 5) is 47.1. The predicted octanol–water partition coefficient (Wildman–Crippen LogP) is 0.123. The third kappa shape index (κ3) is 3.44. The molecule has 3 rings (SSSR count). The lowest BCUT2D eigenvalue weighted by molar-refractivity contribution is -0.156. The fourth-order valence-corrected chi connectivity index (χ4v) is 5.18. The highest BCUT2D eigenvalue weighted by atomic mass is 32.2. The molecule has 0 saturated carbocycles. The highest BCUT2D eigenvalue weighted by molar-refractivity contribution is 8.00. The first-order valence-electron chi connectivity index (χ1n) is 8.25. The van der Waals surface area contributed by atoms with E-state index >= 15 is 0 Å². The fourth-order valence-electron chi connectivity index (χ4n) is 3.12. The van der Waals surface area contributed by atoms with E-state index in [0.717, 1.165) is 11.3 Å². The smallest absolute Gasteiger partial charge is 0.316 e. The Labute approximate surface area is 168 Å². The van der Waals surface area contributed by atoms with E-state index in [4.69, 9.17) is 10.6 Å². The molecule has 0 aliphatic carbocycles. The van der Waals surface area contributed by atoms with Crippen LogP contribution in [0.5, 0.6) is 0 Å². The number of nitrogen functional groups attached to an aromatic ring is 1. The van der Waals surface area contributed by atoms with Crippen molar-refractivity contribution >= 4 is 51.7 Å². The van der Waals surface area contributed by atoms with Gasteiger partial charge in [-0.15, -0.1) is 23.1 Å². The van der Waals surface area contributed by atoms with E-state index in [1.54, 1.807) is 24.5 Å². The van der Waals surface area contributed by atoms with Gasteiger partial charge >= 0.3 is 5.97 Å². The third-order valence-corrected chi connectivity index (χ3v) is 6.69. The molecule has 12 heteroatoms. The van der Waals surface area contributed by atoms with Crippen molar-refractivity contribution < 1.29 is 24.3 Å². The standard InChI is InChI=1S/C16H19N5O5S2/c1-3-4-16(14(24)25)6-21-12(23)10(13(21)28-7-16)19-11(22)9(20-26-2)8-5-27-15(17)18-8/h3-5,10,13H,6-7H2,1-2H3,(H2,17,18)(H,19,22)(H,24,25)/t10?,13-,16?/m1/s1. The van der Waals surface area contributed by atoms with E-state index in [9.17, 15) is 19.5 Å². The van der Waals surface area contributed by atoms with E-state index < -0.39 is 23.3 Å². The maximum Gasteiger partial charge on any atom is 0.316 e. The minimum atomic E-state index is -1.12. The second kappa shape index (κ2) is 7.80. The number of carboxylic acid groups (broad SMARTS) is 1. The van der Waals surface area contributed by atoms with Gasteiger partial charge in [0, 0.05) is 17.7 Å². The largest absolute Gasteiger partial charge is 0.481 e. The van der Waals surface area contributed by atoms with Crippen molar-refractivity contribution in [2.75, 3.05) is 25.1 Å². The maximum atomic E-state index is 12.6. The van der Waals surface area contributed by atoms with Crippen LogP contribution >= 0.6 is 23.1 Å².